The maximum atomic E-state index is 13.1. The molecule has 126 valence electrons. The summed E-state index contributed by atoms with van der Waals surface area (Å²) in [5.41, 5.74) is -2.39. The molecule has 0 radical (unpaired) electrons. The van der Waals surface area contributed by atoms with Gasteiger partial charge in [-0.05, 0) is 25.7 Å². The lowest BCUT2D eigenvalue weighted by molar-refractivity contribution is -0.385. The Labute approximate surface area is 134 Å². The smallest absolute Gasteiger partial charge is 0.395 e. The summed E-state index contributed by atoms with van der Waals surface area (Å²) in [7, 11) is 0. The minimum atomic E-state index is -3.96. The monoisotopic (exact) mass is 339 g/mol. The summed E-state index contributed by atoms with van der Waals surface area (Å²) < 4.78 is 34.5. The molecule has 1 aromatic rings. The number of alkyl halides is 2. The Hall–Kier alpha value is -2.96. The molecule has 0 bridgehead atoms. The van der Waals surface area contributed by atoms with E-state index in [9.17, 15) is 29.0 Å². The highest BCUT2D eigenvalue weighted by Gasteiger charge is 2.47. The van der Waals surface area contributed by atoms with E-state index in [-0.39, 0.29) is 5.92 Å². The van der Waals surface area contributed by atoms with Crippen molar-refractivity contribution in [2.24, 2.45) is 5.92 Å². The highest BCUT2D eigenvalue weighted by molar-refractivity contribution is 5.99. The molecule has 24 heavy (non-hydrogen) atoms. The number of ether oxygens (including phenoxy) is 2. The molecule has 0 saturated heterocycles. The Morgan fingerprint density at radius 3 is 2.54 bits per heavy atom. The first-order chi connectivity index (χ1) is 11.1. The molecular formula is C14H11F2N3O5. The second-order valence-electron chi connectivity index (χ2n) is 5.78. The predicted molar refractivity (Wildman–Crippen MR) is 73.5 cm³/mol. The van der Waals surface area contributed by atoms with Gasteiger partial charge >= 0.3 is 6.29 Å². The number of nitrogens with zero attached hydrogens (tertiary/aromatic N) is 2. The molecule has 3 rings (SSSR count). The van der Waals surface area contributed by atoms with Crippen molar-refractivity contribution in [3.05, 3.63) is 27.8 Å². The van der Waals surface area contributed by atoms with E-state index >= 15 is 0 Å². The summed E-state index contributed by atoms with van der Waals surface area (Å²) >= 11 is 0. The number of nitrogens with one attached hydrogen (secondary N) is 1. The van der Waals surface area contributed by atoms with Crippen LogP contribution in [0.15, 0.2) is 12.1 Å². The number of nitro groups is 1. The molecule has 1 saturated carbocycles. The summed E-state index contributed by atoms with van der Waals surface area (Å²) in [6.07, 6.45) is -2.46. The van der Waals surface area contributed by atoms with Crippen molar-refractivity contribution in [2.45, 2.75) is 31.6 Å². The molecule has 8 nitrogen and oxygen atoms in total. The Morgan fingerprint density at radius 2 is 2.04 bits per heavy atom. The number of carbonyl (C=O) groups excluding carboxylic acids is 1. The van der Waals surface area contributed by atoms with Crippen LogP contribution < -0.4 is 14.8 Å². The zero-order chi connectivity index (χ0) is 17.7. The van der Waals surface area contributed by atoms with Crippen molar-refractivity contribution in [3.63, 3.8) is 0 Å². The van der Waals surface area contributed by atoms with Crippen LogP contribution in [0.25, 0.3) is 0 Å². The first-order valence-corrected chi connectivity index (χ1v) is 6.97. The van der Waals surface area contributed by atoms with Crippen LogP contribution in [0.2, 0.25) is 0 Å². The molecule has 1 atom stereocenters. The largest absolute Gasteiger partial charge is 0.586 e. The molecule has 1 fully saturated rings. The van der Waals surface area contributed by atoms with Crippen LogP contribution >= 0.6 is 0 Å². The van der Waals surface area contributed by atoms with Gasteiger partial charge in [0, 0.05) is 6.07 Å². The molecule has 0 aromatic heterocycles. The number of hydrogen-bond acceptors (Lipinski definition) is 6. The SMILES string of the molecule is CC(C#N)(NC(=O)c1cc2c(cc1[N+](=O)[O-])OC(F)(F)O2)C1CC1. The van der Waals surface area contributed by atoms with Gasteiger partial charge in [0.25, 0.3) is 11.6 Å². The van der Waals surface area contributed by atoms with Crippen LogP contribution in [-0.2, 0) is 0 Å². The summed E-state index contributed by atoms with van der Waals surface area (Å²) in [5, 5.41) is 22.8. The third-order valence-electron chi connectivity index (χ3n) is 3.96. The molecular weight excluding hydrogens is 328 g/mol. The number of amides is 1. The van der Waals surface area contributed by atoms with Crippen LogP contribution in [0.1, 0.15) is 30.1 Å². The van der Waals surface area contributed by atoms with Gasteiger partial charge in [0.15, 0.2) is 11.5 Å². The van der Waals surface area contributed by atoms with Gasteiger partial charge in [0.05, 0.1) is 17.1 Å². The minimum Gasteiger partial charge on any atom is -0.395 e. The van der Waals surface area contributed by atoms with Gasteiger partial charge in [0.2, 0.25) is 0 Å². The van der Waals surface area contributed by atoms with Gasteiger partial charge in [-0.3, -0.25) is 14.9 Å². The normalized spacial score (nSPS) is 19.9. The van der Waals surface area contributed by atoms with E-state index in [1.165, 1.54) is 6.92 Å². The minimum absolute atomic E-state index is 0.0520. The molecule has 0 spiro atoms. The van der Waals surface area contributed by atoms with Crippen molar-refractivity contribution in [1.82, 2.24) is 5.32 Å². The number of fused-ring (bicyclic) bond motifs is 1. The van der Waals surface area contributed by atoms with E-state index in [0.717, 1.165) is 18.9 Å². The molecule has 1 aliphatic heterocycles. The van der Waals surface area contributed by atoms with Crippen LogP contribution in [0.3, 0.4) is 0 Å². The van der Waals surface area contributed by atoms with E-state index < -0.39 is 45.4 Å². The predicted octanol–water partition coefficient (Wildman–Crippen LogP) is 2.34. The maximum absolute atomic E-state index is 13.1. The van der Waals surface area contributed by atoms with E-state index in [1.54, 1.807) is 0 Å². The quantitative estimate of drug-likeness (QED) is 0.665. The maximum Gasteiger partial charge on any atom is 0.586 e. The molecule has 1 aromatic carbocycles. The standard InChI is InChI=1S/C14H11F2N3O5/c1-13(6-17,7-2-3-7)18-12(20)8-4-10-11(5-9(8)19(21)22)24-14(15,16)23-10/h4-5,7H,2-3H2,1H3,(H,18,20). The average Bonchev–Trinajstić information content (AvgIpc) is 3.28. The first-order valence-electron chi connectivity index (χ1n) is 6.97. The van der Waals surface area contributed by atoms with Crippen molar-refractivity contribution >= 4 is 11.6 Å². The second-order valence-corrected chi connectivity index (χ2v) is 5.78. The Kier molecular flexibility index (Phi) is 3.33. The zero-order valence-electron chi connectivity index (χ0n) is 12.3. The number of carbonyl (C=O) groups is 1. The highest BCUT2D eigenvalue weighted by Crippen LogP contribution is 2.45. The van der Waals surface area contributed by atoms with E-state index in [4.69, 9.17) is 0 Å². The second kappa shape index (κ2) is 5.02. The molecule has 1 unspecified atom stereocenters. The van der Waals surface area contributed by atoms with E-state index in [1.807, 2.05) is 6.07 Å². The molecule has 1 amide bonds. The zero-order valence-corrected chi connectivity index (χ0v) is 12.3. The van der Waals surface area contributed by atoms with Crippen molar-refractivity contribution < 1.29 is 28.0 Å². The Bertz CT molecular complexity index is 787. The molecule has 1 aliphatic carbocycles. The highest BCUT2D eigenvalue weighted by atomic mass is 19.3. The number of halogens is 2. The fourth-order valence-corrected chi connectivity index (χ4v) is 2.50. The molecule has 1 heterocycles. The fraction of sp³-hybridized carbons (Fsp3) is 0.429. The van der Waals surface area contributed by atoms with Gasteiger partial charge in [-0.25, -0.2) is 0 Å². The fourth-order valence-electron chi connectivity index (χ4n) is 2.50. The van der Waals surface area contributed by atoms with E-state index in [0.29, 0.717) is 6.07 Å². The number of benzene rings is 1. The summed E-state index contributed by atoms with van der Waals surface area (Å²) in [4.78, 5) is 22.6. The van der Waals surface area contributed by atoms with Crippen LogP contribution in [-0.4, -0.2) is 22.7 Å². The van der Waals surface area contributed by atoms with Crippen molar-refractivity contribution in [3.8, 4) is 17.6 Å². The summed E-state index contributed by atoms with van der Waals surface area (Å²) in [6.45, 7) is 1.51. The lowest BCUT2D eigenvalue weighted by atomic mass is 9.97. The Balaban J connectivity index is 1.97. The first kappa shape index (κ1) is 15.9. The van der Waals surface area contributed by atoms with Gasteiger partial charge in [-0.15, -0.1) is 8.78 Å². The van der Waals surface area contributed by atoms with Crippen LogP contribution in [0.5, 0.6) is 11.5 Å². The van der Waals surface area contributed by atoms with Crippen molar-refractivity contribution in [1.29, 1.82) is 5.26 Å². The van der Waals surface area contributed by atoms with Gasteiger partial charge in [-0.1, -0.05) is 0 Å². The molecule has 1 N–H and O–H groups in total. The lowest BCUT2D eigenvalue weighted by Gasteiger charge is -2.22. The van der Waals surface area contributed by atoms with E-state index in [2.05, 4.69) is 14.8 Å². The van der Waals surface area contributed by atoms with Crippen molar-refractivity contribution in [2.75, 3.05) is 0 Å². The summed E-state index contributed by atoms with van der Waals surface area (Å²) in [5.74, 6) is -1.99. The van der Waals surface area contributed by atoms with Crippen LogP contribution in [0.4, 0.5) is 14.5 Å². The number of rotatable bonds is 4. The van der Waals surface area contributed by atoms with Gasteiger partial charge in [0.1, 0.15) is 11.1 Å². The summed E-state index contributed by atoms with van der Waals surface area (Å²) in [6, 6.07) is 3.49. The number of nitriles is 1. The number of hydrogen-bond donors (Lipinski definition) is 1. The third-order valence-corrected chi connectivity index (χ3v) is 3.96. The third kappa shape index (κ3) is 2.68. The van der Waals surface area contributed by atoms with Gasteiger partial charge < -0.3 is 14.8 Å². The lowest BCUT2D eigenvalue weighted by Crippen LogP contribution is -2.46. The Morgan fingerprint density at radius 1 is 1.46 bits per heavy atom. The average molecular weight is 339 g/mol. The molecule has 10 heteroatoms. The van der Waals surface area contributed by atoms with Crippen LogP contribution in [0, 0.1) is 27.4 Å². The number of nitro benzene ring substituents is 1. The van der Waals surface area contributed by atoms with Gasteiger partial charge in [-0.2, -0.15) is 5.26 Å². The molecule has 2 aliphatic rings. The topological polar surface area (TPSA) is 114 Å².